The van der Waals surface area contributed by atoms with Gasteiger partial charge in [-0.05, 0) is 84.9 Å². The molecule has 0 unspecified atom stereocenters. The van der Waals surface area contributed by atoms with Crippen LogP contribution in [-0.2, 0) is 17.6 Å². The van der Waals surface area contributed by atoms with Gasteiger partial charge in [-0.2, -0.15) is 12.6 Å². The molecule has 216 valence electrons. The molecule has 3 aromatic carbocycles. The summed E-state index contributed by atoms with van der Waals surface area (Å²) >= 11 is 10.2. The summed E-state index contributed by atoms with van der Waals surface area (Å²) in [7, 11) is 1.42. The molecule has 0 amide bonds. The minimum absolute atomic E-state index is 0.253. The molecule has 6 heteroatoms. The van der Waals surface area contributed by atoms with Gasteiger partial charge in [0.1, 0.15) is 0 Å². The Balaban J connectivity index is 0.000000443. The molecule has 1 fully saturated rings. The van der Waals surface area contributed by atoms with Crippen LogP contribution in [0.2, 0.25) is 5.02 Å². The lowest BCUT2D eigenvalue weighted by Crippen LogP contribution is -2.06. The Kier molecular flexibility index (Phi) is 12.9. The highest BCUT2D eigenvalue weighted by Crippen LogP contribution is 2.45. The predicted octanol–water partition coefficient (Wildman–Crippen LogP) is 8.74. The van der Waals surface area contributed by atoms with E-state index in [1.165, 1.54) is 25.5 Å². The first-order valence-corrected chi connectivity index (χ1v) is 15.2. The van der Waals surface area contributed by atoms with Gasteiger partial charge in [0.2, 0.25) is 0 Å². The minimum atomic E-state index is -0.280. The number of carbonyl (C=O) groups excluding carboxylic acids is 1. The van der Waals surface area contributed by atoms with Crippen molar-refractivity contribution in [1.82, 2.24) is 4.98 Å². The summed E-state index contributed by atoms with van der Waals surface area (Å²) in [5.74, 6) is 0.570. The molecule has 1 aliphatic carbocycles. The van der Waals surface area contributed by atoms with E-state index in [2.05, 4.69) is 54.0 Å². The van der Waals surface area contributed by atoms with Crippen molar-refractivity contribution >= 4 is 53.3 Å². The van der Waals surface area contributed by atoms with Crippen LogP contribution in [0.4, 0.5) is 0 Å². The fraction of sp³-hybridized carbons (Fsp3) is 0.314. The SMILES string of the molecule is CC.COC(=O)c1ccccc1CCCc1cccc(/C=C/c2ccc3ccc(Cl)cc3n2)c1.OCC1(CS)CC1. The van der Waals surface area contributed by atoms with Crippen LogP contribution in [0.1, 0.15) is 65.9 Å². The Bertz CT molecular complexity index is 1440. The van der Waals surface area contributed by atoms with Crippen molar-refractivity contribution < 1.29 is 14.6 Å². The first-order valence-electron chi connectivity index (χ1n) is 14.2. The normalized spacial score (nSPS) is 13.1. The second kappa shape index (κ2) is 16.4. The van der Waals surface area contributed by atoms with Crippen molar-refractivity contribution in [2.45, 2.75) is 46.0 Å². The summed E-state index contributed by atoms with van der Waals surface area (Å²) in [5.41, 5.74) is 6.11. The molecule has 1 N–H and O–H groups in total. The summed E-state index contributed by atoms with van der Waals surface area (Å²) in [4.78, 5) is 16.6. The number of aromatic nitrogens is 1. The minimum Gasteiger partial charge on any atom is -0.465 e. The van der Waals surface area contributed by atoms with Gasteiger partial charge in [-0.1, -0.05) is 86.1 Å². The molecule has 0 atom stereocenters. The quantitative estimate of drug-likeness (QED) is 0.151. The number of benzene rings is 3. The van der Waals surface area contributed by atoms with Crippen LogP contribution in [0.25, 0.3) is 23.1 Å². The summed E-state index contributed by atoms with van der Waals surface area (Å²) in [6.07, 6.45) is 9.16. The number of aryl methyl sites for hydroxylation is 2. The molecule has 1 aromatic heterocycles. The van der Waals surface area contributed by atoms with E-state index in [-0.39, 0.29) is 11.4 Å². The first kappa shape index (κ1) is 32.4. The maximum atomic E-state index is 11.9. The van der Waals surface area contributed by atoms with E-state index < -0.39 is 0 Å². The van der Waals surface area contributed by atoms with E-state index in [0.717, 1.165) is 52.7 Å². The van der Waals surface area contributed by atoms with E-state index in [1.807, 2.05) is 68.5 Å². The summed E-state index contributed by atoms with van der Waals surface area (Å²) in [6, 6.07) is 25.9. The van der Waals surface area contributed by atoms with Gasteiger partial charge in [0.25, 0.3) is 0 Å². The number of hydrogen-bond donors (Lipinski definition) is 2. The van der Waals surface area contributed by atoms with Gasteiger partial charge in [-0.25, -0.2) is 9.78 Å². The lowest BCUT2D eigenvalue weighted by Gasteiger charge is -2.08. The number of methoxy groups -OCH3 is 1. The lowest BCUT2D eigenvalue weighted by atomic mass is 9.99. The zero-order chi connectivity index (χ0) is 29.7. The van der Waals surface area contributed by atoms with E-state index in [0.29, 0.717) is 17.2 Å². The number of thiol groups is 1. The summed E-state index contributed by atoms with van der Waals surface area (Å²) in [5, 5.41) is 10.4. The van der Waals surface area contributed by atoms with Crippen LogP contribution in [-0.4, -0.2) is 35.5 Å². The number of rotatable bonds is 9. The molecule has 0 bridgehead atoms. The molecule has 4 nitrogen and oxygen atoms in total. The van der Waals surface area contributed by atoms with Crippen molar-refractivity contribution in [2.75, 3.05) is 19.5 Å². The third kappa shape index (κ3) is 9.74. The highest BCUT2D eigenvalue weighted by atomic mass is 35.5. The third-order valence-electron chi connectivity index (χ3n) is 7.04. The highest BCUT2D eigenvalue weighted by Gasteiger charge is 2.40. The first-order chi connectivity index (χ1) is 19.9. The number of fused-ring (bicyclic) bond motifs is 1. The molecule has 0 spiro atoms. The molecule has 41 heavy (non-hydrogen) atoms. The predicted molar refractivity (Wildman–Crippen MR) is 176 cm³/mol. The van der Waals surface area contributed by atoms with Gasteiger partial charge in [-0.15, -0.1) is 0 Å². The third-order valence-corrected chi connectivity index (χ3v) is 7.94. The van der Waals surface area contributed by atoms with Crippen LogP contribution in [0.3, 0.4) is 0 Å². The summed E-state index contributed by atoms with van der Waals surface area (Å²) < 4.78 is 4.89. The number of esters is 1. The largest absolute Gasteiger partial charge is 0.465 e. The fourth-order valence-electron chi connectivity index (χ4n) is 4.31. The smallest absolute Gasteiger partial charge is 0.338 e. The van der Waals surface area contributed by atoms with Crippen molar-refractivity contribution in [3.05, 3.63) is 112 Å². The molecule has 0 saturated heterocycles. The van der Waals surface area contributed by atoms with Crippen LogP contribution in [0.5, 0.6) is 0 Å². The fourth-order valence-corrected chi connectivity index (χ4v) is 4.89. The number of nitrogens with zero attached hydrogens (tertiary/aromatic N) is 1. The number of aliphatic hydroxyl groups excluding tert-OH is 1. The average Bonchev–Trinajstić information content (AvgIpc) is 3.82. The monoisotopic (exact) mass is 589 g/mol. The Hall–Kier alpha value is -3.12. The van der Waals surface area contributed by atoms with Crippen molar-refractivity contribution in [1.29, 1.82) is 0 Å². The topological polar surface area (TPSA) is 59.4 Å². The van der Waals surface area contributed by atoms with E-state index >= 15 is 0 Å². The van der Waals surface area contributed by atoms with Gasteiger partial charge in [-0.3, -0.25) is 0 Å². The molecule has 5 rings (SSSR count). The molecule has 1 saturated carbocycles. The Morgan fingerprint density at radius 1 is 1.00 bits per heavy atom. The number of halogens is 1. The van der Waals surface area contributed by atoms with Crippen molar-refractivity contribution in [3.63, 3.8) is 0 Å². The van der Waals surface area contributed by atoms with Crippen LogP contribution >= 0.6 is 24.2 Å². The van der Waals surface area contributed by atoms with E-state index in [4.69, 9.17) is 21.4 Å². The standard InChI is InChI=1S/C28H24ClNO2.C5H10OS.C2H6/c1-32-28(31)26-11-3-2-9-22(26)10-5-8-20-6-4-7-21(18-20)12-16-25-17-14-23-13-15-24(29)19-27(23)30-25;6-3-5(4-7)1-2-5;1-2/h2-4,6-7,9,11-19H,5,8,10H2,1H3;6-7H,1-4H2;1-2H3/b16-12+;;. The number of carbonyl (C=O) groups is 1. The van der Waals surface area contributed by atoms with Gasteiger partial charge in [0.15, 0.2) is 0 Å². The van der Waals surface area contributed by atoms with Crippen molar-refractivity contribution in [2.24, 2.45) is 5.41 Å². The van der Waals surface area contributed by atoms with Gasteiger partial charge in [0.05, 0.1) is 23.9 Å². The van der Waals surface area contributed by atoms with Gasteiger partial charge in [0, 0.05) is 22.4 Å². The number of hydrogen-bond acceptors (Lipinski definition) is 5. The van der Waals surface area contributed by atoms with Gasteiger partial charge < -0.3 is 9.84 Å². The molecule has 1 aliphatic rings. The zero-order valence-corrected chi connectivity index (χ0v) is 25.8. The molecule has 1 heterocycles. The lowest BCUT2D eigenvalue weighted by molar-refractivity contribution is 0.0599. The molecule has 0 aliphatic heterocycles. The maximum absolute atomic E-state index is 11.9. The number of pyridine rings is 1. The maximum Gasteiger partial charge on any atom is 0.338 e. The Labute approximate surface area is 254 Å². The van der Waals surface area contributed by atoms with E-state index in [1.54, 1.807) is 0 Å². The summed E-state index contributed by atoms with van der Waals surface area (Å²) in [6.45, 7) is 4.33. The number of aliphatic hydroxyl groups is 1. The molecular formula is C35H40ClNO3S. The van der Waals surface area contributed by atoms with E-state index in [9.17, 15) is 4.79 Å². The van der Waals surface area contributed by atoms with Crippen LogP contribution in [0.15, 0.2) is 78.9 Å². The van der Waals surface area contributed by atoms with Crippen molar-refractivity contribution in [3.8, 4) is 0 Å². The zero-order valence-electron chi connectivity index (χ0n) is 24.1. The second-order valence-electron chi connectivity index (χ2n) is 9.97. The molecular weight excluding hydrogens is 550 g/mol. The Morgan fingerprint density at radius 2 is 1.76 bits per heavy atom. The van der Waals surface area contributed by atoms with Gasteiger partial charge >= 0.3 is 5.97 Å². The highest BCUT2D eigenvalue weighted by molar-refractivity contribution is 7.80. The number of ether oxygens (including phenoxy) is 1. The van der Waals surface area contributed by atoms with Crippen LogP contribution < -0.4 is 0 Å². The molecule has 0 radical (unpaired) electrons. The molecule has 4 aromatic rings. The Morgan fingerprint density at radius 3 is 2.44 bits per heavy atom. The second-order valence-corrected chi connectivity index (χ2v) is 10.7. The van der Waals surface area contributed by atoms with Crippen LogP contribution in [0, 0.1) is 5.41 Å². The average molecular weight is 590 g/mol.